The number of benzene rings is 2. The van der Waals surface area contributed by atoms with E-state index in [-0.39, 0.29) is 23.2 Å². The van der Waals surface area contributed by atoms with Gasteiger partial charge >= 0.3 is 0 Å². The highest BCUT2D eigenvalue weighted by molar-refractivity contribution is 6.46. The highest BCUT2D eigenvalue weighted by Gasteiger charge is 2.47. The molecule has 1 fully saturated rings. The van der Waals surface area contributed by atoms with E-state index in [0.29, 0.717) is 23.1 Å². The van der Waals surface area contributed by atoms with Crippen molar-refractivity contribution in [1.29, 1.82) is 0 Å². The molecule has 0 aliphatic carbocycles. The topological polar surface area (TPSA) is 79.7 Å². The molecule has 2 heterocycles. The molecule has 4 rings (SSSR count). The van der Waals surface area contributed by atoms with E-state index in [1.54, 1.807) is 37.4 Å². The zero-order chi connectivity index (χ0) is 23.5. The lowest BCUT2D eigenvalue weighted by atomic mass is 9.95. The van der Waals surface area contributed by atoms with Crippen LogP contribution in [0.2, 0.25) is 5.02 Å². The second-order valence-electron chi connectivity index (χ2n) is 7.35. The van der Waals surface area contributed by atoms with E-state index in [1.165, 1.54) is 41.3 Å². The third-order valence-electron chi connectivity index (χ3n) is 5.30. The van der Waals surface area contributed by atoms with E-state index in [9.17, 15) is 19.1 Å². The zero-order valence-electron chi connectivity index (χ0n) is 17.7. The van der Waals surface area contributed by atoms with Crippen molar-refractivity contribution in [3.63, 3.8) is 0 Å². The summed E-state index contributed by atoms with van der Waals surface area (Å²) >= 11 is 6.14. The minimum Gasteiger partial charge on any atom is -0.507 e. The van der Waals surface area contributed by atoms with Crippen LogP contribution >= 0.6 is 11.6 Å². The molecular weight excluding hydrogens is 447 g/mol. The van der Waals surface area contributed by atoms with Crippen molar-refractivity contribution in [3.05, 3.63) is 100 Å². The summed E-state index contributed by atoms with van der Waals surface area (Å²) < 4.78 is 20.3. The summed E-state index contributed by atoms with van der Waals surface area (Å²) in [6, 6.07) is 14.4. The van der Waals surface area contributed by atoms with Gasteiger partial charge < -0.3 is 14.7 Å². The summed E-state index contributed by atoms with van der Waals surface area (Å²) in [5.74, 6) is -2.50. The van der Waals surface area contributed by atoms with Crippen molar-refractivity contribution >= 4 is 29.1 Å². The van der Waals surface area contributed by atoms with Crippen molar-refractivity contribution in [3.8, 4) is 5.75 Å². The molecule has 1 N–H and O–H groups in total. The van der Waals surface area contributed by atoms with Crippen molar-refractivity contribution in [2.45, 2.75) is 19.5 Å². The van der Waals surface area contributed by atoms with Crippen LogP contribution in [0.5, 0.6) is 5.75 Å². The maximum absolute atomic E-state index is 14.9. The third-order valence-corrected chi connectivity index (χ3v) is 5.61. The molecule has 3 aromatic rings. The van der Waals surface area contributed by atoms with Gasteiger partial charge in [0.2, 0.25) is 0 Å². The van der Waals surface area contributed by atoms with E-state index < -0.39 is 29.3 Å². The summed E-state index contributed by atoms with van der Waals surface area (Å²) in [5.41, 5.74) is 0.616. The molecule has 0 saturated carbocycles. The number of aliphatic hydroxyl groups is 1. The first kappa shape index (κ1) is 22.5. The number of likely N-dealkylation sites (tertiary alicyclic amines) is 1. The highest BCUT2D eigenvalue weighted by atomic mass is 35.5. The number of aromatic nitrogens is 1. The molecular formula is C25H20ClFN2O4. The number of hydrogen-bond acceptors (Lipinski definition) is 5. The first-order valence-electron chi connectivity index (χ1n) is 10.3. The smallest absolute Gasteiger partial charge is 0.296 e. The lowest BCUT2D eigenvalue weighted by Gasteiger charge is -2.25. The number of pyridine rings is 1. The van der Waals surface area contributed by atoms with Crippen LogP contribution in [0.25, 0.3) is 5.76 Å². The molecule has 1 aliphatic rings. The van der Waals surface area contributed by atoms with Gasteiger partial charge in [0.05, 0.1) is 35.5 Å². The van der Waals surface area contributed by atoms with Gasteiger partial charge in [0, 0.05) is 17.3 Å². The second-order valence-corrected chi connectivity index (χ2v) is 7.75. The number of hydrogen-bond donors (Lipinski definition) is 1. The third kappa shape index (κ3) is 4.32. The van der Waals surface area contributed by atoms with Gasteiger partial charge in [-0.1, -0.05) is 35.9 Å². The van der Waals surface area contributed by atoms with E-state index in [1.807, 2.05) is 0 Å². The first-order chi connectivity index (χ1) is 15.9. The number of ketones is 1. The summed E-state index contributed by atoms with van der Waals surface area (Å²) in [5, 5.41) is 11.5. The van der Waals surface area contributed by atoms with Crippen LogP contribution in [0, 0.1) is 5.82 Å². The van der Waals surface area contributed by atoms with Gasteiger partial charge in [-0.25, -0.2) is 4.39 Å². The normalized spacial score (nSPS) is 17.4. The summed E-state index contributed by atoms with van der Waals surface area (Å²) in [4.78, 5) is 31.5. The van der Waals surface area contributed by atoms with Gasteiger partial charge in [-0.05, 0) is 43.3 Å². The number of aliphatic hydroxyl groups excluding tert-OH is 1. The Kier molecular flexibility index (Phi) is 6.42. The van der Waals surface area contributed by atoms with Crippen molar-refractivity contribution in [2.24, 2.45) is 0 Å². The van der Waals surface area contributed by atoms with Gasteiger partial charge in [0.1, 0.15) is 17.3 Å². The number of Topliss-reactive ketones (excluding diaryl/α,β-unsaturated/α-hetero) is 1. The molecule has 1 unspecified atom stereocenters. The first-order valence-corrected chi connectivity index (χ1v) is 10.7. The van der Waals surface area contributed by atoms with Crippen LogP contribution in [0.1, 0.15) is 29.8 Å². The Morgan fingerprint density at radius 1 is 1.15 bits per heavy atom. The van der Waals surface area contributed by atoms with Crippen LogP contribution in [-0.4, -0.2) is 33.3 Å². The fourth-order valence-electron chi connectivity index (χ4n) is 3.80. The predicted octanol–water partition coefficient (Wildman–Crippen LogP) is 4.89. The molecule has 1 aromatic heterocycles. The lowest BCUT2D eigenvalue weighted by molar-refractivity contribution is -0.140. The van der Waals surface area contributed by atoms with Crippen LogP contribution in [0.15, 0.2) is 72.4 Å². The number of carbonyl (C=O) groups is 2. The molecule has 0 spiro atoms. The minimum absolute atomic E-state index is 0.0357. The Balaban J connectivity index is 1.88. The molecule has 8 heteroatoms. The van der Waals surface area contributed by atoms with Crippen LogP contribution in [-0.2, 0) is 16.1 Å². The Labute approximate surface area is 194 Å². The van der Waals surface area contributed by atoms with Crippen molar-refractivity contribution in [1.82, 2.24) is 9.88 Å². The molecule has 1 amide bonds. The van der Waals surface area contributed by atoms with Crippen molar-refractivity contribution in [2.75, 3.05) is 6.61 Å². The Hall–Kier alpha value is -3.71. The van der Waals surface area contributed by atoms with E-state index in [2.05, 4.69) is 4.98 Å². The van der Waals surface area contributed by atoms with Gasteiger partial charge in [0.15, 0.2) is 0 Å². The molecule has 168 valence electrons. The lowest BCUT2D eigenvalue weighted by Crippen LogP contribution is -2.30. The molecule has 6 nitrogen and oxygen atoms in total. The quantitative estimate of drug-likeness (QED) is 0.318. The van der Waals surface area contributed by atoms with E-state index in [4.69, 9.17) is 16.3 Å². The van der Waals surface area contributed by atoms with E-state index >= 15 is 0 Å². The number of ether oxygens (including phenoxy) is 1. The Morgan fingerprint density at radius 2 is 1.91 bits per heavy atom. The standard InChI is InChI=1S/C25H20ClFN2O4/c1-2-33-20-13-15(10-11-18(20)26)23(30)21-22(17-8-3-4-9-19(17)27)29(25(32)24(21)31)14-16-7-5-6-12-28-16/h3-13,22,30H,2,14H2,1H3/b23-21+. The molecule has 1 saturated heterocycles. The Morgan fingerprint density at radius 3 is 2.61 bits per heavy atom. The van der Waals surface area contributed by atoms with E-state index in [0.717, 1.165) is 0 Å². The monoisotopic (exact) mass is 466 g/mol. The van der Waals surface area contributed by atoms with Gasteiger partial charge in [-0.15, -0.1) is 0 Å². The molecule has 0 bridgehead atoms. The van der Waals surface area contributed by atoms with Crippen molar-refractivity contribution < 1.29 is 23.8 Å². The number of nitrogens with zero attached hydrogens (tertiary/aromatic N) is 2. The maximum Gasteiger partial charge on any atom is 0.296 e. The number of rotatable bonds is 6. The predicted molar refractivity (Wildman–Crippen MR) is 121 cm³/mol. The summed E-state index contributed by atoms with van der Waals surface area (Å²) in [7, 11) is 0. The zero-order valence-corrected chi connectivity index (χ0v) is 18.4. The average molecular weight is 467 g/mol. The summed E-state index contributed by atoms with van der Waals surface area (Å²) in [6.45, 7) is 2.09. The molecule has 0 radical (unpaired) electrons. The number of amides is 1. The molecule has 1 atom stereocenters. The molecule has 33 heavy (non-hydrogen) atoms. The number of carbonyl (C=O) groups excluding carboxylic acids is 2. The van der Waals surface area contributed by atoms with Crippen LogP contribution in [0.4, 0.5) is 4.39 Å². The van der Waals surface area contributed by atoms with Crippen LogP contribution in [0.3, 0.4) is 0 Å². The van der Waals surface area contributed by atoms with Gasteiger partial charge in [0.25, 0.3) is 11.7 Å². The minimum atomic E-state index is -1.14. The molecule has 2 aromatic carbocycles. The SMILES string of the molecule is CCOc1cc(/C(O)=C2\C(=O)C(=O)N(Cc3ccccn3)C2c2ccccc2F)ccc1Cl. The second kappa shape index (κ2) is 9.42. The van der Waals surface area contributed by atoms with Gasteiger partial charge in [-0.2, -0.15) is 0 Å². The largest absolute Gasteiger partial charge is 0.507 e. The Bertz CT molecular complexity index is 1250. The highest BCUT2D eigenvalue weighted by Crippen LogP contribution is 2.41. The van der Waals surface area contributed by atoms with Gasteiger partial charge in [-0.3, -0.25) is 14.6 Å². The van der Waals surface area contributed by atoms with Crippen LogP contribution < -0.4 is 4.74 Å². The summed E-state index contributed by atoms with van der Waals surface area (Å²) in [6.07, 6.45) is 1.56. The fourth-order valence-corrected chi connectivity index (χ4v) is 3.97. The maximum atomic E-state index is 14.9. The molecule has 1 aliphatic heterocycles. The average Bonchev–Trinajstić information content (AvgIpc) is 3.06. The number of halogens is 2. The fraction of sp³-hybridized carbons (Fsp3) is 0.160.